The number of carbonyl (C=O) groups is 1. The highest BCUT2D eigenvalue weighted by Gasteiger charge is 2.30. The lowest BCUT2D eigenvalue weighted by molar-refractivity contribution is 0.0918. The molecule has 0 spiro atoms. The van der Waals surface area contributed by atoms with Crippen molar-refractivity contribution in [2.24, 2.45) is 0 Å². The maximum atomic E-state index is 13.1. The summed E-state index contributed by atoms with van der Waals surface area (Å²) in [6.07, 6.45) is 9.04. The summed E-state index contributed by atoms with van der Waals surface area (Å²) >= 11 is 7.55. The Balaban J connectivity index is 1.80. The van der Waals surface area contributed by atoms with Gasteiger partial charge in [-0.1, -0.05) is 36.8 Å². The molecule has 2 unspecified atom stereocenters. The highest BCUT2D eigenvalue weighted by molar-refractivity contribution is 7.11. The predicted molar refractivity (Wildman–Crippen MR) is 132 cm³/mol. The van der Waals surface area contributed by atoms with E-state index in [0.29, 0.717) is 17.1 Å². The number of hydrogen-bond acceptors (Lipinski definition) is 5. The number of aromatic nitrogens is 2. The average molecular weight is 475 g/mol. The first kappa shape index (κ1) is 24.5. The number of aliphatic hydroxyl groups excluding tert-OH is 1. The maximum absolute atomic E-state index is 13.1. The first-order valence-corrected chi connectivity index (χ1v) is 12.1. The lowest BCUT2D eigenvalue weighted by Gasteiger charge is -2.30. The molecule has 0 aliphatic carbocycles. The molecule has 32 heavy (non-hydrogen) atoms. The normalized spacial score (nSPS) is 18.4. The third-order valence-corrected chi connectivity index (χ3v) is 7.18. The quantitative estimate of drug-likeness (QED) is 0.398. The minimum absolute atomic E-state index is 0.0898. The van der Waals surface area contributed by atoms with E-state index >= 15 is 0 Å². The Morgan fingerprint density at radius 3 is 2.88 bits per heavy atom. The molecule has 1 aliphatic rings. The van der Waals surface area contributed by atoms with Crippen LogP contribution in [0.2, 0.25) is 0 Å². The zero-order valence-corrected chi connectivity index (χ0v) is 20.2. The number of rotatable bonds is 9. The molecule has 2 aromatic heterocycles. The summed E-state index contributed by atoms with van der Waals surface area (Å²) in [5, 5.41) is 17.5. The number of halogens is 1. The minimum Gasteiger partial charge on any atom is -0.396 e. The van der Waals surface area contributed by atoms with E-state index in [2.05, 4.69) is 22.2 Å². The molecule has 3 heterocycles. The number of hydrogen-bond donors (Lipinski definition) is 4. The monoisotopic (exact) mass is 474 g/mol. The van der Waals surface area contributed by atoms with E-state index in [-0.39, 0.29) is 24.6 Å². The topological polar surface area (TPSA) is 90.0 Å². The second kappa shape index (κ2) is 11.6. The Morgan fingerprint density at radius 2 is 2.19 bits per heavy atom. The average Bonchev–Trinajstić information content (AvgIpc) is 3.44. The van der Waals surface area contributed by atoms with Crippen LogP contribution in [-0.4, -0.2) is 40.2 Å². The van der Waals surface area contributed by atoms with E-state index < -0.39 is 0 Å². The Hall–Kier alpha value is -2.19. The largest absolute Gasteiger partial charge is 0.396 e. The number of aryl methyl sites for hydroxylation is 1. The molecule has 2 aromatic rings. The highest BCUT2D eigenvalue weighted by atomic mass is 35.5. The van der Waals surface area contributed by atoms with Gasteiger partial charge in [0.1, 0.15) is 10.7 Å². The summed E-state index contributed by atoms with van der Waals surface area (Å²) in [7, 11) is 0. The Labute approximate surface area is 198 Å². The Morgan fingerprint density at radius 1 is 1.41 bits per heavy atom. The number of carbonyl (C=O) groups excluding carboxylic acids is 1. The molecule has 1 fully saturated rings. The maximum Gasteiger partial charge on any atom is 0.268 e. The zero-order valence-electron chi connectivity index (χ0n) is 18.6. The highest BCUT2D eigenvalue weighted by Crippen LogP contribution is 2.29. The summed E-state index contributed by atoms with van der Waals surface area (Å²) in [5.41, 5.74) is 3.22. The van der Waals surface area contributed by atoms with Crippen molar-refractivity contribution in [2.45, 2.75) is 51.6 Å². The molecule has 0 bridgehead atoms. The van der Waals surface area contributed by atoms with E-state index in [9.17, 15) is 9.90 Å². The predicted octanol–water partition coefficient (Wildman–Crippen LogP) is 4.64. The van der Waals surface area contributed by atoms with Crippen molar-refractivity contribution in [3.63, 3.8) is 0 Å². The number of amides is 1. The van der Waals surface area contributed by atoms with Gasteiger partial charge in [-0.25, -0.2) is 4.98 Å². The summed E-state index contributed by atoms with van der Waals surface area (Å²) in [6, 6.07) is 3.58. The molecule has 8 heteroatoms. The number of nitrogens with one attached hydrogen (secondary N) is 3. The fourth-order valence-electron chi connectivity index (χ4n) is 3.75. The van der Waals surface area contributed by atoms with Gasteiger partial charge < -0.3 is 20.7 Å². The third-order valence-electron chi connectivity index (χ3n) is 5.59. The lowest BCUT2D eigenvalue weighted by atomic mass is 9.98. The number of nitrogens with zero attached hydrogens (tertiary/aromatic N) is 1. The van der Waals surface area contributed by atoms with E-state index in [4.69, 9.17) is 16.6 Å². The van der Waals surface area contributed by atoms with Gasteiger partial charge in [0, 0.05) is 34.7 Å². The summed E-state index contributed by atoms with van der Waals surface area (Å²) in [5.74, 6) is -0.169. The Kier molecular flexibility index (Phi) is 8.87. The van der Waals surface area contributed by atoms with Crippen molar-refractivity contribution in [1.82, 2.24) is 20.6 Å². The van der Waals surface area contributed by atoms with Crippen LogP contribution in [-0.2, 0) is 6.42 Å². The fraction of sp³-hybridized carbons (Fsp3) is 0.417. The van der Waals surface area contributed by atoms with E-state index in [0.717, 1.165) is 52.7 Å². The molecule has 0 saturated carbocycles. The second-order valence-corrected chi connectivity index (χ2v) is 9.48. The molecular formula is C24H31ClN4O2S. The zero-order chi connectivity index (χ0) is 23.1. The first-order valence-electron chi connectivity index (χ1n) is 10.9. The fourth-order valence-corrected chi connectivity index (χ4v) is 4.99. The molecule has 6 nitrogen and oxygen atoms in total. The van der Waals surface area contributed by atoms with Gasteiger partial charge in [-0.15, -0.1) is 11.3 Å². The van der Waals surface area contributed by atoms with Crippen molar-refractivity contribution in [1.29, 1.82) is 0 Å². The smallest absolute Gasteiger partial charge is 0.268 e. The van der Waals surface area contributed by atoms with Crippen molar-refractivity contribution >= 4 is 34.4 Å². The second-order valence-electron chi connectivity index (χ2n) is 7.93. The standard InChI is InChI=1S/C24H31ClN4O2S/c1-4-17(25)9-8-15(2)18-10-11-20(28-18)23(31)29-22(19-7-5-6-13-26-19)24-27-16(3)21(32-24)12-14-30/h4,8-11,19,22,26,28,30H,1,5-7,12-14H2,2-3H3,(H,29,31)/b15-8+,17-9+. The minimum atomic E-state index is -0.225. The number of allylic oxidation sites excluding steroid dienone is 5. The van der Waals surface area contributed by atoms with Crippen LogP contribution in [0.15, 0.2) is 42.0 Å². The van der Waals surface area contributed by atoms with Crippen molar-refractivity contribution in [2.75, 3.05) is 13.2 Å². The summed E-state index contributed by atoms with van der Waals surface area (Å²) in [6.45, 7) is 8.56. The van der Waals surface area contributed by atoms with Crippen LogP contribution in [0.5, 0.6) is 0 Å². The number of piperidine rings is 1. The first-order chi connectivity index (χ1) is 15.4. The van der Waals surface area contributed by atoms with Gasteiger partial charge >= 0.3 is 0 Å². The lowest BCUT2D eigenvalue weighted by Crippen LogP contribution is -2.46. The van der Waals surface area contributed by atoms with Gasteiger partial charge in [0.05, 0.1) is 11.7 Å². The van der Waals surface area contributed by atoms with Crippen LogP contribution in [0.1, 0.15) is 64.0 Å². The Bertz CT molecular complexity index is 1000. The van der Waals surface area contributed by atoms with E-state index in [1.54, 1.807) is 29.6 Å². The molecule has 0 aromatic carbocycles. The van der Waals surface area contributed by atoms with E-state index in [1.165, 1.54) is 0 Å². The van der Waals surface area contributed by atoms with E-state index in [1.807, 2.05) is 26.0 Å². The molecule has 1 saturated heterocycles. The van der Waals surface area contributed by atoms with Gasteiger partial charge in [0.2, 0.25) is 0 Å². The summed E-state index contributed by atoms with van der Waals surface area (Å²) in [4.78, 5) is 22.1. The molecule has 1 aliphatic heterocycles. The number of aromatic amines is 1. The van der Waals surface area contributed by atoms with Gasteiger partial charge in [0.25, 0.3) is 5.91 Å². The molecule has 0 radical (unpaired) electrons. The van der Waals surface area contributed by atoms with Crippen LogP contribution in [0, 0.1) is 6.92 Å². The van der Waals surface area contributed by atoms with Gasteiger partial charge in [-0.3, -0.25) is 4.79 Å². The van der Waals surface area contributed by atoms with Crippen LogP contribution < -0.4 is 10.6 Å². The molecular weight excluding hydrogens is 444 g/mol. The SMILES string of the molecule is C=C/C(Cl)=C\C=C(/C)c1ccc(C(=O)NC(c2nc(C)c(CCO)s2)C2CCCCN2)[nH]1. The molecule has 2 atom stereocenters. The van der Waals surface area contributed by atoms with Gasteiger partial charge in [-0.05, 0) is 57.0 Å². The van der Waals surface area contributed by atoms with Crippen molar-refractivity contribution < 1.29 is 9.90 Å². The molecule has 3 rings (SSSR count). The number of H-pyrrole nitrogens is 1. The van der Waals surface area contributed by atoms with Crippen molar-refractivity contribution in [3.8, 4) is 0 Å². The van der Waals surface area contributed by atoms with Gasteiger partial charge in [0.15, 0.2) is 0 Å². The molecule has 4 N–H and O–H groups in total. The molecule has 1 amide bonds. The van der Waals surface area contributed by atoms with Gasteiger partial charge in [-0.2, -0.15) is 0 Å². The number of aliphatic hydroxyl groups is 1. The van der Waals surface area contributed by atoms with Crippen LogP contribution in [0.25, 0.3) is 5.57 Å². The van der Waals surface area contributed by atoms with Crippen molar-refractivity contribution in [3.05, 3.63) is 68.9 Å². The number of thiazole rings is 1. The van der Waals surface area contributed by atoms with Crippen LogP contribution >= 0.6 is 22.9 Å². The molecule has 172 valence electrons. The summed E-state index contributed by atoms with van der Waals surface area (Å²) < 4.78 is 0. The van der Waals surface area contributed by atoms with Crippen LogP contribution in [0.3, 0.4) is 0 Å². The third kappa shape index (κ3) is 6.19. The van der Waals surface area contributed by atoms with Crippen LogP contribution in [0.4, 0.5) is 0 Å².